The Labute approximate surface area is 248 Å². The molecule has 41 heavy (non-hydrogen) atoms. The van der Waals surface area contributed by atoms with Crippen LogP contribution in [0.5, 0.6) is 0 Å². The van der Waals surface area contributed by atoms with Gasteiger partial charge in [0.2, 0.25) is 0 Å². The van der Waals surface area contributed by atoms with Gasteiger partial charge in [0.1, 0.15) is 24.6 Å². The smallest absolute Gasteiger partial charge is 0.303 e. The fourth-order valence-electron chi connectivity index (χ4n) is 4.49. The first-order valence-corrected chi connectivity index (χ1v) is 14.2. The fraction of sp³-hybridized carbons (Fsp3) is 0.393. The van der Waals surface area contributed by atoms with Crippen LogP contribution in [0.2, 0.25) is 0 Å². The molecule has 1 aromatic carbocycles. The maximum Gasteiger partial charge on any atom is 0.303 e. The topological polar surface area (TPSA) is 140 Å². The van der Waals surface area contributed by atoms with Crippen LogP contribution in [-0.4, -0.2) is 59.9 Å². The lowest BCUT2D eigenvalue weighted by Gasteiger charge is -2.44. The molecular formula is C28H28BrNO10S. The molecule has 0 saturated carbocycles. The molecule has 0 unspecified atom stereocenters. The Kier molecular flexibility index (Phi) is 9.94. The predicted molar refractivity (Wildman–Crippen MR) is 148 cm³/mol. The maximum absolute atomic E-state index is 12.2. The van der Waals surface area contributed by atoms with E-state index in [1.807, 2.05) is 24.3 Å². The number of benzene rings is 1. The summed E-state index contributed by atoms with van der Waals surface area (Å²) >= 11 is 5.08. The third-order valence-corrected chi connectivity index (χ3v) is 7.83. The summed E-state index contributed by atoms with van der Waals surface area (Å²) in [7, 11) is 0. The first-order chi connectivity index (χ1) is 19.5. The zero-order valence-corrected chi connectivity index (χ0v) is 25.1. The van der Waals surface area contributed by atoms with Crippen molar-refractivity contribution in [2.24, 2.45) is 0 Å². The molecule has 0 N–H and O–H groups in total. The second kappa shape index (κ2) is 13.4. The van der Waals surface area contributed by atoms with Crippen molar-refractivity contribution in [2.45, 2.75) is 64.6 Å². The van der Waals surface area contributed by atoms with Crippen LogP contribution in [0.25, 0.3) is 10.6 Å². The first kappa shape index (κ1) is 30.4. The van der Waals surface area contributed by atoms with Crippen molar-refractivity contribution in [1.29, 1.82) is 0 Å². The predicted octanol–water partition coefficient (Wildman–Crippen LogP) is 4.55. The van der Waals surface area contributed by atoms with Gasteiger partial charge in [0.25, 0.3) is 0 Å². The van der Waals surface area contributed by atoms with Crippen molar-refractivity contribution in [2.75, 3.05) is 6.61 Å². The summed E-state index contributed by atoms with van der Waals surface area (Å²) in [6.45, 7) is 4.50. The molecule has 0 radical (unpaired) electrons. The number of hydrogen-bond acceptors (Lipinski definition) is 12. The number of ether oxygens (including phenoxy) is 5. The second-order valence-corrected chi connectivity index (χ2v) is 11.2. The minimum atomic E-state index is -1.25. The summed E-state index contributed by atoms with van der Waals surface area (Å²) in [5, 5.41) is 0.829. The monoisotopic (exact) mass is 649 g/mol. The lowest BCUT2D eigenvalue weighted by atomic mass is 9.89. The number of hydrogen-bond donors (Lipinski definition) is 0. The Bertz CT molecular complexity index is 1400. The van der Waals surface area contributed by atoms with Crippen LogP contribution < -0.4 is 0 Å². The van der Waals surface area contributed by atoms with E-state index in [-0.39, 0.29) is 6.61 Å². The Balaban J connectivity index is 1.71. The highest BCUT2D eigenvalue weighted by molar-refractivity contribution is 9.10. The van der Waals surface area contributed by atoms with Crippen molar-refractivity contribution >= 4 is 51.1 Å². The number of rotatable bonds is 9. The lowest BCUT2D eigenvalue weighted by Crippen LogP contribution is -2.59. The molecule has 0 amide bonds. The molecule has 1 aliphatic heterocycles. The van der Waals surface area contributed by atoms with Crippen molar-refractivity contribution < 1.29 is 47.3 Å². The van der Waals surface area contributed by atoms with Crippen LogP contribution in [0.3, 0.4) is 0 Å². The Morgan fingerprint density at radius 3 is 2.24 bits per heavy atom. The number of esters is 4. The van der Waals surface area contributed by atoms with E-state index in [9.17, 15) is 19.2 Å². The van der Waals surface area contributed by atoms with Crippen molar-refractivity contribution in [3.05, 3.63) is 63.4 Å². The molecule has 0 spiro atoms. The molecule has 2 aromatic heterocycles. The second-order valence-electron chi connectivity index (χ2n) is 9.24. The number of carbonyl (C=O) groups is 4. The molecule has 218 valence electrons. The highest BCUT2D eigenvalue weighted by atomic mass is 79.9. The van der Waals surface area contributed by atoms with Gasteiger partial charge < -0.3 is 28.1 Å². The van der Waals surface area contributed by atoms with Crippen LogP contribution in [0.1, 0.15) is 49.9 Å². The molecule has 11 nitrogen and oxygen atoms in total. The van der Waals surface area contributed by atoms with E-state index >= 15 is 0 Å². The molecule has 0 bridgehead atoms. The van der Waals surface area contributed by atoms with Gasteiger partial charge >= 0.3 is 23.9 Å². The van der Waals surface area contributed by atoms with E-state index in [0.717, 1.165) is 25.7 Å². The van der Waals surface area contributed by atoms with Gasteiger partial charge in [-0.15, -0.1) is 11.3 Å². The summed E-state index contributed by atoms with van der Waals surface area (Å²) in [5.74, 6) is -1.90. The lowest BCUT2D eigenvalue weighted by molar-refractivity contribution is -0.254. The quantitative estimate of drug-likeness (QED) is 0.238. The van der Waals surface area contributed by atoms with Crippen LogP contribution in [0.4, 0.5) is 0 Å². The van der Waals surface area contributed by atoms with Crippen LogP contribution >= 0.6 is 27.3 Å². The first-order valence-electron chi connectivity index (χ1n) is 12.6. The van der Waals surface area contributed by atoms with E-state index in [1.165, 1.54) is 39.0 Å². The average molecular weight is 651 g/mol. The standard InChI is InChI=1S/C28H28BrNO10S/c1-14(31)36-13-22-26(37-15(2)32)28(39-17(4)34)27(38-16(3)33)25(40-22)18-7-8-20(29)19(10-18)11-24-30-12-23(41-24)21-6-5-9-35-21/h5-10,12,22,25-28H,11,13H2,1-4H3/t22-,25+,26-,27+,28+/m1/s1. The van der Waals surface area contributed by atoms with Gasteiger partial charge in [0.05, 0.1) is 16.1 Å². The third kappa shape index (κ3) is 7.80. The maximum atomic E-state index is 12.2. The van der Waals surface area contributed by atoms with E-state index in [0.29, 0.717) is 12.0 Å². The third-order valence-electron chi connectivity index (χ3n) is 6.05. The number of furan rings is 1. The largest absolute Gasteiger partial charge is 0.463 e. The number of aromatic nitrogens is 1. The SMILES string of the molecule is CC(=O)OC[C@H]1O[C@@H](c2ccc(Br)c(Cc3ncc(-c4ccco4)s3)c2)[C@H](OC(C)=O)[C@@H](OC(C)=O)[C@@H]1OC(C)=O. The fourth-order valence-corrected chi connectivity index (χ4v) is 5.79. The summed E-state index contributed by atoms with van der Waals surface area (Å²) < 4.78 is 34.4. The van der Waals surface area contributed by atoms with Gasteiger partial charge in [-0.05, 0) is 29.3 Å². The molecule has 13 heteroatoms. The highest BCUT2D eigenvalue weighted by Crippen LogP contribution is 2.39. The number of halogens is 1. The van der Waals surface area contributed by atoms with Crippen molar-refractivity contribution in [3.8, 4) is 10.6 Å². The zero-order chi connectivity index (χ0) is 29.7. The van der Waals surface area contributed by atoms with Crippen LogP contribution in [0, 0.1) is 0 Å². The van der Waals surface area contributed by atoms with Crippen molar-refractivity contribution in [3.63, 3.8) is 0 Å². The number of thiazole rings is 1. The molecule has 4 rings (SSSR count). The average Bonchev–Trinajstić information content (AvgIpc) is 3.58. The summed E-state index contributed by atoms with van der Waals surface area (Å²) in [6.07, 6.45) is -1.86. The van der Waals surface area contributed by atoms with Gasteiger partial charge in [0, 0.05) is 44.8 Å². The zero-order valence-electron chi connectivity index (χ0n) is 22.7. The summed E-state index contributed by atoms with van der Waals surface area (Å²) in [6, 6.07) is 9.12. The Morgan fingerprint density at radius 1 is 0.927 bits per heavy atom. The molecule has 3 heterocycles. The van der Waals surface area contributed by atoms with E-state index in [4.69, 9.17) is 28.1 Å². The van der Waals surface area contributed by atoms with Crippen molar-refractivity contribution in [1.82, 2.24) is 4.98 Å². The summed E-state index contributed by atoms with van der Waals surface area (Å²) in [4.78, 5) is 53.3. The van der Waals surface area contributed by atoms with E-state index < -0.39 is 54.4 Å². The van der Waals surface area contributed by atoms with E-state index in [2.05, 4.69) is 20.9 Å². The molecule has 5 atom stereocenters. The molecular weight excluding hydrogens is 622 g/mol. The van der Waals surface area contributed by atoms with Crippen LogP contribution in [-0.2, 0) is 49.3 Å². The minimum absolute atomic E-state index is 0.299. The van der Waals surface area contributed by atoms with Gasteiger partial charge in [0.15, 0.2) is 18.3 Å². The van der Waals surface area contributed by atoms with E-state index in [1.54, 1.807) is 18.5 Å². The van der Waals surface area contributed by atoms with Gasteiger partial charge in [-0.1, -0.05) is 28.1 Å². The molecule has 3 aromatic rings. The summed E-state index contributed by atoms with van der Waals surface area (Å²) in [5.41, 5.74) is 1.44. The molecule has 1 saturated heterocycles. The Hall–Kier alpha value is -3.55. The highest BCUT2D eigenvalue weighted by Gasteiger charge is 2.52. The molecule has 0 aliphatic carbocycles. The normalized spacial score (nSPS) is 22.0. The molecule has 1 aliphatic rings. The number of carbonyl (C=O) groups excluding carboxylic acids is 4. The van der Waals surface area contributed by atoms with Gasteiger partial charge in [-0.25, -0.2) is 4.98 Å². The van der Waals surface area contributed by atoms with Gasteiger partial charge in [-0.3, -0.25) is 19.2 Å². The van der Waals surface area contributed by atoms with Crippen LogP contribution in [0.15, 0.2) is 51.7 Å². The minimum Gasteiger partial charge on any atom is -0.463 e. The Morgan fingerprint density at radius 2 is 1.61 bits per heavy atom. The number of nitrogens with zero attached hydrogens (tertiary/aromatic N) is 1. The molecule has 1 fully saturated rings. The van der Waals surface area contributed by atoms with Gasteiger partial charge in [-0.2, -0.15) is 0 Å².